The smallest absolute Gasteiger partial charge is 0.346 e. The maximum atomic E-state index is 13.1. The maximum Gasteiger partial charge on any atom is 0.418 e. The molecule has 1 aliphatic heterocycles. The Morgan fingerprint density at radius 2 is 2.08 bits per heavy atom. The molecule has 1 aromatic carbocycles. The molecule has 1 aliphatic rings. The Morgan fingerprint density at radius 3 is 2.72 bits per heavy atom. The number of rotatable bonds is 3. The van der Waals surface area contributed by atoms with Crippen molar-refractivity contribution in [2.75, 3.05) is 31.3 Å². The van der Waals surface area contributed by atoms with Crippen LogP contribution in [0.4, 0.5) is 18.3 Å². The van der Waals surface area contributed by atoms with Gasteiger partial charge >= 0.3 is 6.18 Å². The fourth-order valence-corrected chi connectivity index (χ4v) is 4.74. The van der Waals surface area contributed by atoms with E-state index < -0.39 is 21.8 Å². The van der Waals surface area contributed by atoms with Gasteiger partial charge in [0.2, 0.25) is 10.0 Å². The monoisotopic (exact) mass is 393 g/mol. The van der Waals surface area contributed by atoms with Gasteiger partial charge in [0.25, 0.3) is 0 Å². The molecule has 3 rings (SSSR count). The summed E-state index contributed by atoms with van der Waals surface area (Å²) in [7, 11) is -1.79. The van der Waals surface area contributed by atoms with Crippen LogP contribution in [0.1, 0.15) is 18.4 Å². The van der Waals surface area contributed by atoms with Crippen molar-refractivity contribution in [3.8, 4) is 0 Å². The molecule has 0 N–H and O–H groups in total. The minimum absolute atomic E-state index is 0.0476. The molecule has 1 unspecified atom stereocenters. The number of hydrogen-bond donors (Lipinski definition) is 0. The molecule has 5 nitrogen and oxygen atoms in total. The number of likely N-dealkylation sites (N-methyl/N-ethyl adjacent to an activating group) is 1. The van der Waals surface area contributed by atoms with Crippen LogP contribution in [-0.4, -0.2) is 50.1 Å². The standard InChI is InChI=1S/C15H18F3N3O2S2/c1-20(25(2,22)23)10-5-4-8-21(9-10)14-19-13-11(15(16,17)18)6-3-7-12(13)24-14/h3,6-7,10H,4-5,8-9H2,1-2H3. The largest absolute Gasteiger partial charge is 0.418 e. The normalized spacial score (nSPS) is 19.8. The highest BCUT2D eigenvalue weighted by Gasteiger charge is 2.35. The number of hydrogen-bond acceptors (Lipinski definition) is 5. The van der Waals surface area contributed by atoms with Gasteiger partial charge in [0, 0.05) is 26.2 Å². The van der Waals surface area contributed by atoms with Crippen molar-refractivity contribution in [3.05, 3.63) is 23.8 Å². The van der Waals surface area contributed by atoms with Crippen molar-refractivity contribution in [2.24, 2.45) is 0 Å². The number of halogens is 3. The van der Waals surface area contributed by atoms with Crippen molar-refractivity contribution < 1.29 is 21.6 Å². The molecule has 0 radical (unpaired) electrons. The van der Waals surface area contributed by atoms with Gasteiger partial charge in [0.1, 0.15) is 0 Å². The molecule has 2 heterocycles. The van der Waals surface area contributed by atoms with E-state index >= 15 is 0 Å². The van der Waals surface area contributed by atoms with Gasteiger partial charge in [-0.2, -0.15) is 13.2 Å². The Bertz CT molecular complexity index is 880. The first-order valence-electron chi connectivity index (χ1n) is 7.72. The lowest BCUT2D eigenvalue weighted by molar-refractivity contribution is -0.136. The number of benzene rings is 1. The number of thiazole rings is 1. The first-order chi connectivity index (χ1) is 11.6. The van der Waals surface area contributed by atoms with Crippen LogP contribution in [0, 0.1) is 0 Å². The summed E-state index contributed by atoms with van der Waals surface area (Å²) in [5.41, 5.74) is -0.789. The van der Waals surface area contributed by atoms with Crippen LogP contribution in [0.5, 0.6) is 0 Å². The topological polar surface area (TPSA) is 53.5 Å². The fraction of sp³-hybridized carbons (Fsp3) is 0.533. The lowest BCUT2D eigenvalue weighted by Gasteiger charge is -2.36. The third kappa shape index (κ3) is 3.75. The SMILES string of the molecule is CN(C1CCCN(c2nc3c(C(F)(F)F)cccc3s2)C1)S(C)(=O)=O. The van der Waals surface area contributed by atoms with Crippen LogP contribution in [-0.2, 0) is 16.2 Å². The summed E-state index contributed by atoms with van der Waals surface area (Å²) in [5.74, 6) is 0. The van der Waals surface area contributed by atoms with Gasteiger partial charge in [-0.05, 0) is 25.0 Å². The molecule has 10 heteroatoms. The molecule has 1 aromatic heterocycles. The van der Waals surface area contributed by atoms with Gasteiger partial charge in [-0.25, -0.2) is 17.7 Å². The molecule has 0 bridgehead atoms. The Morgan fingerprint density at radius 1 is 1.36 bits per heavy atom. The van der Waals surface area contributed by atoms with E-state index in [0.717, 1.165) is 25.2 Å². The zero-order valence-electron chi connectivity index (χ0n) is 13.7. The molecule has 0 aliphatic carbocycles. The molecule has 25 heavy (non-hydrogen) atoms. The molecule has 0 amide bonds. The minimum Gasteiger partial charge on any atom is -0.346 e. The number of fused-ring (bicyclic) bond motifs is 1. The number of piperidine rings is 1. The Kier molecular flexibility index (Phi) is 4.71. The maximum absolute atomic E-state index is 13.1. The average molecular weight is 393 g/mol. The van der Waals surface area contributed by atoms with Gasteiger partial charge in [-0.15, -0.1) is 0 Å². The van der Waals surface area contributed by atoms with Crippen molar-refractivity contribution in [2.45, 2.75) is 25.1 Å². The molecule has 2 aromatic rings. The average Bonchev–Trinajstić information content (AvgIpc) is 2.96. The number of sulfonamides is 1. The quantitative estimate of drug-likeness (QED) is 0.804. The molecule has 1 fully saturated rings. The van der Waals surface area contributed by atoms with E-state index in [-0.39, 0.29) is 11.6 Å². The second-order valence-corrected chi connectivity index (χ2v) is 9.22. The van der Waals surface area contributed by atoms with E-state index in [0.29, 0.717) is 22.9 Å². The van der Waals surface area contributed by atoms with Crippen molar-refractivity contribution in [1.29, 1.82) is 0 Å². The highest BCUT2D eigenvalue weighted by atomic mass is 32.2. The van der Waals surface area contributed by atoms with Crippen molar-refractivity contribution in [3.63, 3.8) is 0 Å². The molecular formula is C15H18F3N3O2S2. The van der Waals surface area contributed by atoms with Gasteiger partial charge in [-0.3, -0.25) is 0 Å². The number of anilines is 1. The number of aromatic nitrogens is 1. The summed E-state index contributed by atoms with van der Waals surface area (Å²) < 4.78 is 64.7. The number of alkyl halides is 3. The predicted octanol–water partition coefficient (Wildman–Crippen LogP) is 3.18. The summed E-state index contributed by atoms with van der Waals surface area (Å²) in [4.78, 5) is 6.09. The molecular weight excluding hydrogens is 375 g/mol. The molecule has 0 saturated carbocycles. The highest BCUT2D eigenvalue weighted by molar-refractivity contribution is 7.88. The van der Waals surface area contributed by atoms with E-state index in [4.69, 9.17) is 0 Å². The van der Waals surface area contributed by atoms with E-state index in [1.807, 2.05) is 4.90 Å². The van der Waals surface area contributed by atoms with Crippen molar-refractivity contribution >= 4 is 36.7 Å². The van der Waals surface area contributed by atoms with E-state index in [9.17, 15) is 21.6 Å². The minimum atomic E-state index is -4.45. The van der Waals surface area contributed by atoms with Gasteiger partial charge in [0.15, 0.2) is 5.13 Å². The Hall–Kier alpha value is -1.39. The highest BCUT2D eigenvalue weighted by Crippen LogP contribution is 2.39. The van der Waals surface area contributed by atoms with E-state index in [1.54, 1.807) is 6.07 Å². The van der Waals surface area contributed by atoms with Gasteiger partial charge in [-0.1, -0.05) is 17.4 Å². The van der Waals surface area contributed by atoms with Crippen LogP contribution in [0.25, 0.3) is 10.2 Å². The number of para-hydroxylation sites is 1. The zero-order chi connectivity index (χ0) is 18.4. The van der Waals surface area contributed by atoms with Crippen LogP contribution < -0.4 is 4.90 Å². The summed E-state index contributed by atoms with van der Waals surface area (Å²) in [6, 6.07) is 3.82. The predicted molar refractivity (Wildman–Crippen MR) is 92.5 cm³/mol. The summed E-state index contributed by atoms with van der Waals surface area (Å²) in [6.45, 7) is 1.07. The molecule has 0 spiro atoms. The third-order valence-electron chi connectivity index (χ3n) is 4.42. The molecule has 1 saturated heterocycles. The van der Waals surface area contributed by atoms with Crippen molar-refractivity contribution in [1.82, 2.24) is 9.29 Å². The van der Waals surface area contributed by atoms with E-state index in [1.165, 1.54) is 28.8 Å². The molecule has 1 atom stereocenters. The Labute approximate surface area is 148 Å². The van der Waals surface area contributed by atoms with Crippen LogP contribution in [0.15, 0.2) is 18.2 Å². The third-order valence-corrected chi connectivity index (χ3v) is 6.84. The first-order valence-corrected chi connectivity index (χ1v) is 10.4. The van der Waals surface area contributed by atoms with Crippen LogP contribution >= 0.6 is 11.3 Å². The summed E-state index contributed by atoms with van der Waals surface area (Å²) >= 11 is 1.20. The summed E-state index contributed by atoms with van der Waals surface area (Å²) in [5, 5.41) is 0.498. The second kappa shape index (κ2) is 6.40. The lowest BCUT2D eigenvalue weighted by atomic mass is 10.1. The van der Waals surface area contributed by atoms with Gasteiger partial charge in [0.05, 0.1) is 22.0 Å². The summed E-state index contributed by atoms with van der Waals surface area (Å²) in [6.07, 6.45) is -1.82. The first kappa shape index (κ1) is 18.4. The van der Waals surface area contributed by atoms with Crippen LogP contribution in [0.3, 0.4) is 0 Å². The van der Waals surface area contributed by atoms with Crippen LogP contribution in [0.2, 0.25) is 0 Å². The van der Waals surface area contributed by atoms with Gasteiger partial charge < -0.3 is 4.90 Å². The number of nitrogens with zero attached hydrogens (tertiary/aromatic N) is 3. The molecule has 138 valence electrons. The second-order valence-electron chi connectivity index (χ2n) is 6.17. The Balaban J connectivity index is 1.92. The fourth-order valence-electron chi connectivity index (χ4n) is 3.00. The lowest BCUT2D eigenvalue weighted by Crippen LogP contribution is -2.48. The van der Waals surface area contributed by atoms with E-state index in [2.05, 4.69) is 4.98 Å². The zero-order valence-corrected chi connectivity index (χ0v) is 15.4.